The molecule has 22 heavy (non-hydrogen) atoms. The lowest BCUT2D eigenvalue weighted by molar-refractivity contribution is -0.0598. The van der Waals surface area contributed by atoms with Crippen LogP contribution in [0.5, 0.6) is 5.75 Å². The number of nitrogens with zero attached hydrogens (tertiary/aromatic N) is 1. The summed E-state index contributed by atoms with van der Waals surface area (Å²) in [6.07, 6.45) is 0. The van der Waals surface area contributed by atoms with Crippen molar-refractivity contribution >= 4 is 23.3 Å². The van der Waals surface area contributed by atoms with E-state index >= 15 is 0 Å². The van der Waals surface area contributed by atoms with Gasteiger partial charge < -0.3 is 10.1 Å². The van der Waals surface area contributed by atoms with E-state index in [0.29, 0.717) is 23.1 Å². The minimum atomic E-state index is -0.352. The summed E-state index contributed by atoms with van der Waals surface area (Å²) in [5, 5.41) is 4.47. The van der Waals surface area contributed by atoms with Crippen molar-refractivity contribution in [2.45, 2.75) is 6.61 Å². The Bertz CT molecular complexity index is 632. The van der Waals surface area contributed by atoms with Crippen molar-refractivity contribution in [2.75, 3.05) is 19.5 Å². The number of nitrogens with one attached hydrogen (secondary N) is 1. The number of hydrogen-bond acceptors (Lipinski definition) is 3. The van der Waals surface area contributed by atoms with Crippen molar-refractivity contribution in [1.82, 2.24) is 5.06 Å². The maximum atomic E-state index is 11.6. The summed E-state index contributed by atoms with van der Waals surface area (Å²) < 4.78 is 5.67. The van der Waals surface area contributed by atoms with Crippen molar-refractivity contribution in [1.29, 1.82) is 0 Å². The quantitative estimate of drug-likeness (QED) is 0.849. The zero-order chi connectivity index (χ0) is 15.9. The second-order valence-corrected chi connectivity index (χ2v) is 4.99. The van der Waals surface area contributed by atoms with Gasteiger partial charge >= 0.3 is 6.03 Å². The highest BCUT2D eigenvalue weighted by molar-refractivity contribution is 6.30. The number of amides is 2. The zero-order valence-electron chi connectivity index (χ0n) is 12.4. The maximum absolute atomic E-state index is 11.6. The van der Waals surface area contributed by atoms with Crippen molar-refractivity contribution in [3.63, 3.8) is 0 Å². The van der Waals surface area contributed by atoms with E-state index < -0.39 is 0 Å². The van der Waals surface area contributed by atoms with Crippen LogP contribution >= 0.6 is 11.6 Å². The molecule has 0 bridgehead atoms. The molecule has 0 aliphatic heterocycles. The van der Waals surface area contributed by atoms with Gasteiger partial charge in [-0.25, -0.2) is 9.86 Å². The summed E-state index contributed by atoms with van der Waals surface area (Å²) >= 11 is 5.92. The van der Waals surface area contributed by atoms with Gasteiger partial charge in [-0.1, -0.05) is 23.7 Å². The molecular formula is C16H17ClN2O3. The summed E-state index contributed by atoms with van der Waals surface area (Å²) in [5.74, 6) is 0.707. The summed E-state index contributed by atoms with van der Waals surface area (Å²) in [6.45, 7) is 0.429. The van der Waals surface area contributed by atoms with Gasteiger partial charge in [0, 0.05) is 17.8 Å². The molecule has 0 aliphatic carbocycles. The van der Waals surface area contributed by atoms with Gasteiger partial charge in [-0.3, -0.25) is 4.84 Å². The Labute approximate surface area is 134 Å². The molecule has 1 N–H and O–H groups in total. The molecular weight excluding hydrogens is 304 g/mol. The highest BCUT2D eigenvalue weighted by atomic mass is 35.5. The number of rotatable bonds is 5. The zero-order valence-corrected chi connectivity index (χ0v) is 13.1. The number of carbonyl (C=O) groups is 1. The Balaban J connectivity index is 1.90. The fourth-order valence-electron chi connectivity index (χ4n) is 1.71. The first kappa shape index (κ1) is 16.1. The molecule has 2 amide bonds. The van der Waals surface area contributed by atoms with E-state index in [4.69, 9.17) is 21.2 Å². The lowest BCUT2D eigenvalue weighted by Crippen LogP contribution is -2.30. The first-order chi connectivity index (χ1) is 10.6. The molecule has 0 aliphatic rings. The molecule has 2 rings (SSSR count). The summed E-state index contributed by atoms with van der Waals surface area (Å²) in [5.41, 5.74) is 1.65. The third kappa shape index (κ3) is 4.65. The predicted molar refractivity (Wildman–Crippen MR) is 86.0 cm³/mol. The fourth-order valence-corrected chi connectivity index (χ4v) is 1.93. The van der Waals surface area contributed by atoms with Crippen LogP contribution in [0.1, 0.15) is 5.56 Å². The van der Waals surface area contributed by atoms with Crippen LogP contribution in [-0.4, -0.2) is 25.3 Å². The molecule has 0 aromatic heterocycles. The molecule has 5 nitrogen and oxygen atoms in total. The number of halogens is 1. The average molecular weight is 321 g/mol. The number of hydrogen-bond donors (Lipinski definition) is 1. The van der Waals surface area contributed by atoms with Gasteiger partial charge in [0.15, 0.2) is 0 Å². The molecule has 2 aromatic rings. The van der Waals surface area contributed by atoms with Crippen LogP contribution in [0, 0.1) is 0 Å². The van der Waals surface area contributed by atoms with Crippen molar-refractivity contribution in [3.05, 3.63) is 59.1 Å². The minimum Gasteiger partial charge on any atom is -0.489 e. The maximum Gasteiger partial charge on any atom is 0.345 e. The molecule has 0 radical (unpaired) electrons. The normalized spacial score (nSPS) is 10.1. The Morgan fingerprint density at radius 1 is 1.23 bits per heavy atom. The van der Waals surface area contributed by atoms with Crippen LogP contribution in [0.2, 0.25) is 5.02 Å². The molecule has 0 saturated heterocycles. The number of carbonyl (C=O) groups excluding carboxylic acids is 1. The van der Waals surface area contributed by atoms with Crippen LogP contribution in [-0.2, 0) is 11.4 Å². The second kappa shape index (κ2) is 7.68. The van der Waals surface area contributed by atoms with E-state index in [1.807, 2.05) is 24.3 Å². The number of hydroxylamine groups is 2. The Morgan fingerprint density at radius 3 is 2.59 bits per heavy atom. The van der Waals surface area contributed by atoms with E-state index in [0.717, 1.165) is 10.6 Å². The molecule has 0 saturated carbocycles. The van der Waals surface area contributed by atoms with E-state index in [1.54, 1.807) is 24.3 Å². The van der Waals surface area contributed by atoms with Gasteiger partial charge in [0.1, 0.15) is 12.4 Å². The summed E-state index contributed by atoms with van der Waals surface area (Å²) in [4.78, 5) is 16.4. The number of benzene rings is 2. The van der Waals surface area contributed by atoms with Gasteiger partial charge in [0.2, 0.25) is 0 Å². The van der Waals surface area contributed by atoms with Crippen LogP contribution in [0.3, 0.4) is 0 Å². The van der Waals surface area contributed by atoms with E-state index in [2.05, 4.69) is 5.32 Å². The highest BCUT2D eigenvalue weighted by Gasteiger charge is 2.07. The van der Waals surface area contributed by atoms with Crippen molar-refractivity contribution in [3.8, 4) is 5.75 Å². The molecule has 0 fully saturated rings. The number of urea groups is 1. The van der Waals surface area contributed by atoms with Crippen LogP contribution in [0.25, 0.3) is 0 Å². The van der Waals surface area contributed by atoms with E-state index in [1.165, 1.54) is 14.2 Å². The van der Waals surface area contributed by atoms with Crippen molar-refractivity contribution in [2.24, 2.45) is 0 Å². The van der Waals surface area contributed by atoms with E-state index in [9.17, 15) is 4.79 Å². The largest absolute Gasteiger partial charge is 0.489 e. The lowest BCUT2D eigenvalue weighted by Gasteiger charge is -2.14. The van der Waals surface area contributed by atoms with Gasteiger partial charge in [0.05, 0.1) is 7.11 Å². The van der Waals surface area contributed by atoms with E-state index in [-0.39, 0.29) is 6.03 Å². The molecule has 116 valence electrons. The first-order valence-corrected chi connectivity index (χ1v) is 7.02. The van der Waals surface area contributed by atoms with Gasteiger partial charge in [-0.05, 0) is 42.0 Å². The predicted octanol–water partition coefficient (Wildman–Crippen LogP) is 3.94. The van der Waals surface area contributed by atoms with Crippen LogP contribution in [0.4, 0.5) is 10.5 Å². The molecule has 2 aromatic carbocycles. The first-order valence-electron chi connectivity index (χ1n) is 6.64. The Hall–Kier alpha value is -2.24. The monoisotopic (exact) mass is 320 g/mol. The summed E-state index contributed by atoms with van der Waals surface area (Å²) in [7, 11) is 2.95. The van der Waals surface area contributed by atoms with Crippen LogP contribution < -0.4 is 10.1 Å². The number of anilines is 1. The standard InChI is InChI=1S/C16H17ClN2O3/c1-19(21-2)16(20)18-14-6-8-15(9-7-14)22-11-12-4-3-5-13(17)10-12/h3-10H,11H2,1-2H3,(H,18,20). The van der Waals surface area contributed by atoms with Gasteiger partial charge in [0.25, 0.3) is 0 Å². The number of ether oxygens (including phenoxy) is 1. The van der Waals surface area contributed by atoms with Gasteiger partial charge in [-0.15, -0.1) is 0 Å². The SMILES string of the molecule is CON(C)C(=O)Nc1ccc(OCc2cccc(Cl)c2)cc1. The topological polar surface area (TPSA) is 50.8 Å². The van der Waals surface area contributed by atoms with Gasteiger partial charge in [-0.2, -0.15) is 0 Å². The van der Waals surface area contributed by atoms with Crippen molar-refractivity contribution < 1.29 is 14.4 Å². The molecule has 0 spiro atoms. The molecule has 0 atom stereocenters. The second-order valence-electron chi connectivity index (χ2n) is 4.55. The fraction of sp³-hybridized carbons (Fsp3) is 0.188. The third-order valence-electron chi connectivity index (χ3n) is 2.96. The average Bonchev–Trinajstić information content (AvgIpc) is 2.53. The highest BCUT2D eigenvalue weighted by Crippen LogP contribution is 2.18. The Kier molecular flexibility index (Phi) is 5.63. The third-order valence-corrected chi connectivity index (χ3v) is 3.20. The Morgan fingerprint density at radius 2 is 1.95 bits per heavy atom. The molecule has 6 heteroatoms. The smallest absolute Gasteiger partial charge is 0.345 e. The molecule has 0 heterocycles. The summed E-state index contributed by atoms with van der Waals surface area (Å²) in [6, 6.07) is 14.2. The minimum absolute atomic E-state index is 0.352. The lowest BCUT2D eigenvalue weighted by atomic mass is 10.2. The van der Waals surface area contributed by atoms with Crippen LogP contribution in [0.15, 0.2) is 48.5 Å². The molecule has 0 unspecified atom stereocenters.